The van der Waals surface area contributed by atoms with E-state index in [1.54, 1.807) is 0 Å². The predicted octanol–water partition coefficient (Wildman–Crippen LogP) is 3.49. The summed E-state index contributed by atoms with van der Waals surface area (Å²) in [5.74, 6) is 1.32. The maximum Gasteiger partial charge on any atom is 0.153 e. The highest BCUT2D eigenvalue weighted by atomic mass is 16.5. The van der Waals surface area contributed by atoms with Crippen LogP contribution in [0.4, 0.5) is 0 Å². The van der Waals surface area contributed by atoms with Gasteiger partial charge in [0.05, 0.1) is 12.2 Å². The van der Waals surface area contributed by atoms with Crippen LogP contribution in [0.2, 0.25) is 0 Å². The van der Waals surface area contributed by atoms with Crippen LogP contribution >= 0.6 is 0 Å². The summed E-state index contributed by atoms with van der Waals surface area (Å²) in [4.78, 5) is 10.9. The Balaban J connectivity index is 2.68. The van der Waals surface area contributed by atoms with Crippen LogP contribution in [0.15, 0.2) is 18.2 Å². The van der Waals surface area contributed by atoms with Crippen molar-refractivity contribution >= 4 is 6.29 Å². The van der Waals surface area contributed by atoms with Crippen LogP contribution in [-0.4, -0.2) is 12.9 Å². The van der Waals surface area contributed by atoms with E-state index in [2.05, 4.69) is 20.8 Å². The molecule has 0 atom stereocenters. The Morgan fingerprint density at radius 3 is 2.69 bits per heavy atom. The number of hydrogen-bond acceptors (Lipinski definition) is 2. The van der Waals surface area contributed by atoms with Crippen LogP contribution in [0.5, 0.6) is 5.75 Å². The van der Waals surface area contributed by atoms with Gasteiger partial charge >= 0.3 is 0 Å². The Morgan fingerprint density at radius 1 is 1.38 bits per heavy atom. The summed E-state index contributed by atoms with van der Waals surface area (Å²) in [6, 6.07) is 5.80. The standard InChI is InChI=1S/C14H20O2/c1-4-12-5-6-14(13(9-12)10-15)16-8-7-11(2)3/h5-6,9-11H,4,7-8H2,1-3H3. The second-order valence-electron chi connectivity index (χ2n) is 4.37. The molecule has 16 heavy (non-hydrogen) atoms. The Hall–Kier alpha value is -1.31. The van der Waals surface area contributed by atoms with Crippen LogP contribution in [0.25, 0.3) is 0 Å². The number of aldehydes is 1. The van der Waals surface area contributed by atoms with Gasteiger partial charge in [-0.05, 0) is 36.5 Å². The number of benzene rings is 1. The molecular weight excluding hydrogens is 200 g/mol. The van der Waals surface area contributed by atoms with Crippen molar-refractivity contribution < 1.29 is 9.53 Å². The summed E-state index contributed by atoms with van der Waals surface area (Å²) in [5.41, 5.74) is 1.82. The third-order valence-electron chi connectivity index (χ3n) is 2.56. The van der Waals surface area contributed by atoms with Gasteiger partial charge in [-0.15, -0.1) is 0 Å². The van der Waals surface area contributed by atoms with Crippen LogP contribution in [0, 0.1) is 5.92 Å². The molecule has 0 aromatic heterocycles. The Bertz CT molecular complexity index is 343. The van der Waals surface area contributed by atoms with Gasteiger partial charge in [0.15, 0.2) is 6.29 Å². The smallest absolute Gasteiger partial charge is 0.153 e. The molecule has 0 aliphatic heterocycles. The van der Waals surface area contributed by atoms with E-state index in [9.17, 15) is 4.79 Å². The lowest BCUT2D eigenvalue weighted by Gasteiger charge is -2.10. The molecule has 0 saturated carbocycles. The van der Waals surface area contributed by atoms with Crippen LogP contribution in [0.3, 0.4) is 0 Å². The van der Waals surface area contributed by atoms with Crippen molar-refractivity contribution in [3.05, 3.63) is 29.3 Å². The molecule has 0 aliphatic rings. The van der Waals surface area contributed by atoms with Gasteiger partial charge in [-0.1, -0.05) is 26.8 Å². The Morgan fingerprint density at radius 2 is 2.12 bits per heavy atom. The molecule has 0 unspecified atom stereocenters. The zero-order valence-corrected chi connectivity index (χ0v) is 10.3. The maximum atomic E-state index is 10.9. The zero-order chi connectivity index (χ0) is 12.0. The first-order chi connectivity index (χ1) is 7.67. The van der Waals surface area contributed by atoms with E-state index in [1.807, 2.05) is 18.2 Å². The fourth-order valence-corrected chi connectivity index (χ4v) is 1.45. The molecule has 0 aliphatic carbocycles. The van der Waals surface area contributed by atoms with Crippen molar-refractivity contribution in [2.24, 2.45) is 5.92 Å². The SMILES string of the molecule is CCc1ccc(OCCC(C)C)c(C=O)c1. The summed E-state index contributed by atoms with van der Waals surface area (Å²) in [6.45, 7) is 7.06. The number of rotatable bonds is 6. The first-order valence-corrected chi connectivity index (χ1v) is 5.88. The van der Waals surface area contributed by atoms with E-state index in [1.165, 1.54) is 5.56 Å². The molecule has 1 aromatic carbocycles. The van der Waals surface area contributed by atoms with E-state index in [-0.39, 0.29) is 0 Å². The third kappa shape index (κ3) is 3.69. The fraction of sp³-hybridized carbons (Fsp3) is 0.500. The molecule has 2 heteroatoms. The minimum absolute atomic E-state index is 0.620. The van der Waals surface area contributed by atoms with Crippen molar-refractivity contribution in [2.45, 2.75) is 33.6 Å². The normalized spacial score (nSPS) is 10.5. The Labute approximate surface area is 97.6 Å². The molecule has 0 fully saturated rings. The van der Waals surface area contributed by atoms with Gasteiger partial charge in [0.25, 0.3) is 0 Å². The molecule has 1 aromatic rings. The molecule has 88 valence electrons. The van der Waals surface area contributed by atoms with Gasteiger partial charge in [0.1, 0.15) is 5.75 Å². The fourth-order valence-electron chi connectivity index (χ4n) is 1.45. The zero-order valence-electron chi connectivity index (χ0n) is 10.3. The second-order valence-corrected chi connectivity index (χ2v) is 4.37. The highest BCUT2D eigenvalue weighted by molar-refractivity contribution is 5.79. The van der Waals surface area contributed by atoms with E-state index < -0.39 is 0 Å². The maximum absolute atomic E-state index is 10.9. The lowest BCUT2D eigenvalue weighted by Crippen LogP contribution is -2.03. The molecule has 1 rings (SSSR count). The first kappa shape index (κ1) is 12.8. The lowest BCUT2D eigenvalue weighted by atomic mass is 10.1. The van der Waals surface area contributed by atoms with Gasteiger partial charge in [0, 0.05) is 0 Å². The summed E-state index contributed by atoms with van der Waals surface area (Å²) in [5, 5.41) is 0. The molecule has 0 radical (unpaired) electrons. The van der Waals surface area contributed by atoms with Crippen LogP contribution in [0.1, 0.15) is 43.1 Å². The van der Waals surface area contributed by atoms with Gasteiger partial charge in [-0.25, -0.2) is 0 Å². The Kier molecular flexibility index (Phi) is 5.03. The molecule has 0 bridgehead atoms. The molecule has 0 amide bonds. The topological polar surface area (TPSA) is 26.3 Å². The van der Waals surface area contributed by atoms with Gasteiger partial charge in [0.2, 0.25) is 0 Å². The first-order valence-electron chi connectivity index (χ1n) is 5.88. The highest BCUT2D eigenvalue weighted by Gasteiger charge is 2.04. The summed E-state index contributed by atoms with van der Waals surface area (Å²) in [6.07, 6.45) is 2.81. The third-order valence-corrected chi connectivity index (χ3v) is 2.56. The minimum Gasteiger partial charge on any atom is -0.493 e. The van der Waals surface area contributed by atoms with Crippen molar-refractivity contribution in [1.29, 1.82) is 0 Å². The van der Waals surface area contributed by atoms with E-state index >= 15 is 0 Å². The number of ether oxygens (including phenoxy) is 1. The van der Waals surface area contributed by atoms with Crippen LogP contribution in [-0.2, 0) is 6.42 Å². The highest BCUT2D eigenvalue weighted by Crippen LogP contribution is 2.19. The largest absolute Gasteiger partial charge is 0.493 e. The van der Waals surface area contributed by atoms with Crippen molar-refractivity contribution in [2.75, 3.05) is 6.61 Å². The van der Waals surface area contributed by atoms with Gasteiger partial charge in [-0.3, -0.25) is 4.79 Å². The molecular formula is C14H20O2. The number of aryl methyl sites for hydroxylation is 1. The summed E-state index contributed by atoms with van der Waals surface area (Å²) < 4.78 is 5.61. The molecule has 0 saturated heterocycles. The van der Waals surface area contributed by atoms with E-state index in [0.717, 1.165) is 19.1 Å². The predicted molar refractivity (Wildman–Crippen MR) is 66.2 cm³/mol. The van der Waals surface area contributed by atoms with Crippen LogP contribution < -0.4 is 4.74 Å². The second kappa shape index (κ2) is 6.31. The number of hydrogen-bond donors (Lipinski definition) is 0. The van der Waals surface area contributed by atoms with Crippen molar-refractivity contribution in [3.8, 4) is 5.75 Å². The van der Waals surface area contributed by atoms with Gasteiger partial charge < -0.3 is 4.74 Å². The summed E-state index contributed by atoms with van der Waals surface area (Å²) >= 11 is 0. The average Bonchev–Trinajstić information content (AvgIpc) is 2.29. The van der Waals surface area contributed by atoms with Gasteiger partial charge in [-0.2, -0.15) is 0 Å². The minimum atomic E-state index is 0.620. The molecule has 2 nitrogen and oxygen atoms in total. The average molecular weight is 220 g/mol. The van der Waals surface area contributed by atoms with E-state index in [4.69, 9.17) is 4.74 Å². The number of carbonyl (C=O) groups is 1. The molecule has 0 heterocycles. The molecule has 0 spiro atoms. The van der Waals surface area contributed by atoms with Crippen molar-refractivity contribution in [1.82, 2.24) is 0 Å². The van der Waals surface area contributed by atoms with Crippen molar-refractivity contribution in [3.63, 3.8) is 0 Å². The number of carbonyl (C=O) groups excluding carboxylic acids is 1. The summed E-state index contributed by atoms with van der Waals surface area (Å²) in [7, 11) is 0. The molecule has 0 N–H and O–H groups in total. The quantitative estimate of drug-likeness (QED) is 0.686. The van der Waals surface area contributed by atoms with E-state index in [0.29, 0.717) is 23.8 Å². The monoisotopic (exact) mass is 220 g/mol. The lowest BCUT2D eigenvalue weighted by molar-refractivity contribution is 0.111.